The number of hydrazine groups is 1. The summed E-state index contributed by atoms with van der Waals surface area (Å²) in [5, 5.41) is 26.1. The Morgan fingerprint density at radius 2 is 1.70 bits per heavy atom. The quantitative estimate of drug-likeness (QED) is 0.786. The third-order valence-electron chi connectivity index (χ3n) is 6.26. The molecule has 2 saturated heterocycles. The number of benzene rings is 1. The highest BCUT2D eigenvalue weighted by Gasteiger charge is 2.34. The fourth-order valence-corrected chi connectivity index (χ4v) is 5.30. The number of aliphatic hydroxyl groups is 1. The summed E-state index contributed by atoms with van der Waals surface area (Å²) in [6, 6.07) is 8.58. The molecular formula is C22H28N6OS. The number of rotatable bonds is 4. The molecule has 2 N–H and O–H groups in total. The van der Waals surface area contributed by atoms with Crippen LogP contribution in [0.15, 0.2) is 35.4 Å². The van der Waals surface area contributed by atoms with E-state index in [0.717, 1.165) is 50.5 Å². The van der Waals surface area contributed by atoms with E-state index in [-0.39, 0.29) is 5.76 Å². The van der Waals surface area contributed by atoms with E-state index in [4.69, 9.17) is 10.4 Å². The molecule has 1 aromatic carbocycles. The number of likely N-dealkylation sites (N-methyl/N-ethyl adjacent to an activating group) is 1. The Bertz CT molecular complexity index is 954. The molecule has 0 aliphatic carbocycles. The van der Waals surface area contributed by atoms with Crippen LogP contribution in [0.25, 0.3) is 16.8 Å². The van der Waals surface area contributed by atoms with Gasteiger partial charge in [0.05, 0.1) is 17.8 Å². The molecule has 0 atom stereocenters. The number of nitrogens with one attached hydrogen (secondary N) is 1. The second-order valence-corrected chi connectivity index (χ2v) is 9.12. The van der Waals surface area contributed by atoms with Crippen LogP contribution < -0.4 is 4.90 Å². The zero-order valence-electron chi connectivity index (χ0n) is 17.3. The number of hydrogen-bond donors (Lipinski definition) is 2. The van der Waals surface area contributed by atoms with Gasteiger partial charge in [0, 0.05) is 55.9 Å². The Kier molecular flexibility index (Phi) is 5.22. The van der Waals surface area contributed by atoms with Crippen LogP contribution in [-0.4, -0.2) is 83.7 Å². The molecule has 0 amide bonds. The van der Waals surface area contributed by atoms with Crippen LogP contribution in [0, 0.1) is 5.41 Å². The lowest BCUT2D eigenvalue weighted by molar-refractivity contribution is 0.00796. The van der Waals surface area contributed by atoms with Crippen LogP contribution >= 0.6 is 11.3 Å². The Labute approximate surface area is 181 Å². The molecule has 4 heterocycles. The first-order valence-corrected chi connectivity index (χ1v) is 11.5. The molecule has 2 fully saturated rings. The first-order valence-electron chi connectivity index (χ1n) is 10.6. The van der Waals surface area contributed by atoms with Crippen LogP contribution in [0.4, 0.5) is 5.69 Å². The van der Waals surface area contributed by atoms with E-state index in [1.165, 1.54) is 29.9 Å². The van der Waals surface area contributed by atoms with Crippen molar-refractivity contribution in [3.05, 3.63) is 40.4 Å². The van der Waals surface area contributed by atoms with Crippen LogP contribution in [0.3, 0.4) is 0 Å². The van der Waals surface area contributed by atoms with Gasteiger partial charge in [0.15, 0.2) is 0 Å². The van der Waals surface area contributed by atoms with Crippen molar-refractivity contribution in [1.82, 2.24) is 19.9 Å². The summed E-state index contributed by atoms with van der Waals surface area (Å²) in [6.45, 7) is 6.30. The zero-order chi connectivity index (χ0) is 20.7. The highest BCUT2D eigenvalue weighted by molar-refractivity contribution is 7.11. The van der Waals surface area contributed by atoms with Gasteiger partial charge in [-0.25, -0.2) is 9.99 Å². The normalized spacial score (nSPS) is 21.3. The first kappa shape index (κ1) is 19.5. The maximum atomic E-state index is 10.6. The van der Waals surface area contributed by atoms with Crippen LogP contribution in [0.5, 0.6) is 0 Å². The highest BCUT2D eigenvalue weighted by Crippen LogP contribution is 2.33. The number of nitrogens with zero attached hydrogens (tertiary/aromatic N) is 5. The lowest BCUT2D eigenvalue weighted by atomic mass is 10.1. The van der Waals surface area contributed by atoms with E-state index < -0.39 is 0 Å². The van der Waals surface area contributed by atoms with Crippen molar-refractivity contribution in [3.63, 3.8) is 0 Å². The molecule has 5 rings (SSSR count). The van der Waals surface area contributed by atoms with Crippen LogP contribution in [0.2, 0.25) is 0 Å². The van der Waals surface area contributed by atoms with E-state index in [9.17, 15) is 5.11 Å². The average Bonchev–Trinajstić information content (AvgIpc) is 3.50. The van der Waals surface area contributed by atoms with Gasteiger partial charge in [-0.3, -0.25) is 10.4 Å². The molecule has 3 aliphatic rings. The lowest BCUT2D eigenvalue weighted by Crippen LogP contribution is -2.53. The van der Waals surface area contributed by atoms with Gasteiger partial charge >= 0.3 is 0 Å². The minimum Gasteiger partial charge on any atom is -0.509 e. The van der Waals surface area contributed by atoms with E-state index in [1.54, 1.807) is 0 Å². The van der Waals surface area contributed by atoms with Crippen molar-refractivity contribution >= 4 is 28.4 Å². The van der Waals surface area contributed by atoms with E-state index in [1.807, 2.05) is 10.4 Å². The molecule has 0 unspecified atom stereocenters. The molecule has 0 saturated carbocycles. The topological polar surface area (TPSA) is 69.9 Å². The lowest BCUT2D eigenvalue weighted by Gasteiger charge is -2.38. The Hall–Kier alpha value is -2.42. The van der Waals surface area contributed by atoms with E-state index >= 15 is 0 Å². The molecule has 30 heavy (non-hydrogen) atoms. The fourth-order valence-electron chi connectivity index (χ4n) is 4.41. The number of amidine groups is 1. The van der Waals surface area contributed by atoms with Gasteiger partial charge in [0.1, 0.15) is 16.6 Å². The van der Waals surface area contributed by atoms with Gasteiger partial charge in [-0.15, -0.1) is 11.3 Å². The number of aliphatic hydroxyl groups excluding tert-OH is 1. The van der Waals surface area contributed by atoms with E-state index in [2.05, 4.69) is 46.1 Å². The van der Waals surface area contributed by atoms with Gasteiger partial charge in [0.2, 0.25) is 0 Å². The molecule has 2 aromatic rings. The number of thiazole rings is 1. The summed E-state index contributed by atoms with van der Waals surface area (Å²) in [7, 11) is 2.11. The van der Waals surface area contributed by atoms with Crippen molar-refractivity contribution in [2.75, 3.05) is 57.8 Å². The van der Waals surface area contributed by atoms with Crippen molar-refractivity contribution in [1.29, 1.82) is 5.41 Å². The molecule has 0 bridgehead atoms. The third-order valence-corrected chi connectivity index (χ3v) is 7.12. The number of hydrogen-bond acceptors (Lipinski definition) is 7. The summed E-state index contributed by atoms with van der Waals surface area (Å²) in [5.41, 5.74) is 3.81. The molecule has 7 nitrogen and oxygen atoms in total. The summed E-state index contributed by atoms with van der Waals surface area (Å²) in [4.78, 5) is 9.48. The number of anilines is 1. The van der Waals surface area contributed by atoms with Crippen LogP contribution in [0.1, 0.15) is 17.8 Å². The third kappa shape index (κ3) is 3.59. The van der Waals surface area contributed by atoms with Gasteiger partial charge in [0.25, 0.3) is 0 Å². The van der Waals surface area contributed by atoms with Crippen LogP contribution in [-0.2, 0) is 0 Å². The second kappa shape index (κ2) is 8.02. The fraction of sp³-hybridized carbons (Fsp3) is 0.455. The maximum Gasteiger partial charge on any atom is 0.149 e. The molecule has 8 heteroatoms. The molecular weight excluding hydrogens is 396 g/mol. The summed E-state index contributed by atoms with van der Waals surface area (Å²) >= 11 is 1.49. The SMILES string of the molecule is CN1CCN(N2CC(O)=C(c3nc(-c4ccc(N5CCCC5)cc4)cs3)C2=N)CC1. The number of aromatic nitrogens is 1. The maximum absolute atomic E-state index is 10.6. The minimum atomic E-state index is 0.240. The predicted molar refractivity (Wildman–Crippen MR) is 122 cm³/mol. The molecule has 0 radical (unpaired) electrons. The Balaban J connectivity index is 1.32. The first-order chi connectivity index (χ1) is 14.6. The molecule has 3 aliphatic heterocycles. The number of piperazine rings is 1. The van der Waals surface area contributed by atoms with Crippen molar-refractivity contribution in [2.45, 2.75) is 12.8 Å². The smallest absolute Gasteiger partial charge is 0.149 e. The van der Waals surface area contributed by atoms with Gasteiger partial charge < -0.3 is 14.9 Å². The van der Waals surface area contributed by atoms with Gasteiger partial charge in [-0.1, -0.05) is 12.1 Å². The van der Waals surface area contributed by atoms with Crippen molar-refractivity contribution in [2.24, 2.45) is 0 Å². The Morgan fingerprint density at radius 1 is 1.00 bits per heavy atom. The monoisotopic (exact) mass is 424 g/mol. The largest absolute Gasteiger partial charge is 0.509 e. The van der Waals surface area contributed by atoms with Gasteiger partial charge in [-0.05, 0) is 32.0 Å². The summed E-state index contributed by atoms with van der Waals surface area (Å²) in [6.07, 6.45) is 2.54. The standard InChI is InChI=1S/C22H28N6OS/c1-25-10-12-27(13-11-25)28-14-19(29)20(21(28)23)22-24-18(15-30-22)16-4-6-17(7-5-16)26-8-2-3-9-26/h4-7,15,23,29H,2-3,8-14H2,1H3. The predicted octanol–water partition coefficient (Wildman–Crippen LogP) is 3.13. The highest BCUT2D eigenvalue weighted by atomic mass is 32.1. The summed E-state index contributed by atoms with van der Waals surface area (Å²) < 4.78 is 0. The Morgan fingerprint density at radius 3 is 2.40 bits per heavy atom. The zero-order valence-corrected chi connectivity index (χ0v) is 18.2. The summed E-state index contributed by atoms with van der Waals surface area (Å²) in [5.74, 6) is 0.589. The van der Waals surface area contributed by atoms with Gasteiger partial charge in [-0.2, -0.15) is 0 Å². The minimum absolute atomic E-state index is 0.240. The average molecular weight is 425 g/mol. The molecule has 158 valence electrons. The molecule has 1 aromatic heterocycles. The molecule has 0 spiro atoms. The van der Waals surface area contributed by atoms with E-state index in [0.29, 0.717) is 23.0 Å². The van der Waals surface area contributed by atoms with Crippen molar-refractivity contribution < 1.29 is 5.11 Å². The van der Waals surface area contributed by atoms with Crippen molar-refractivity contribution in [3.8, 4) is 11.3 Å². The second-order valence-electron chi connectivity index (χ2n) is 8.26.